The van der Waals surface area contributed by atoms with Crippen molar-refractivity contribution in [2.75, 3.05) is 25.6 Å². The highest BCUT2D eigenvalue weighted by Crippen LogP contribution is 2.32. The molecule has 1 aromatic heterocycles. The highest BCUT2D eigenvalue weighted by Gasteiger charge is 2.11. The molecule has 1 heterocycles. The van der Waals surface area contributed by atoms with Crippen LogP contribution < -0.4 is 9.64 Å². The molecular formula is C10H15BrN2O. The van der Waals surface area contributed by atoms with Crippen molar-refractivity contribution in [1.29, 1.82) is 0 Å². The van der Waals surface area contributed by atoms with Crippen LogP contribution in [0.5, 0.6) is 5.75 Å². The van der Waals surface area contributed by atoms with Crippen molar-refractivity contribution in [3.63, 3.8) is 0 Å². The van der Waals surface area contributed by atoms with E-state index in [1.165, 1.54) is 0 Å². The fourth-order valence-corrected chi connectivity index (χ4v) is 1.77. The first-order chi connectivity index (χ1) is 6.70. The van der Waals surface area contributed by atoms with Gasteiger partial charge in [-0.1, -0.05) is 6.92 Å². The molecule has 0 saturated heterocycles. The maximum atomic E-state index is 5.29. The Bertz CT molecular complexity index is 304. The van der Waals surface area contributed by atoms with E-state index in [2.05, 4.69) is 32.7 Å². The van der Waals surface area contributed by atoms with E-state index < -0.39 is 0 Å². The lowest BCUT2D eigenvalue weighted by Crippen LogP contribution is -2.19. The predicted molar refractivity (Wildman–Crippen MR) is 62.1 cm³/mol. The first kappa shape index (κ1) is 11.3. The molecule has 0 radical (unpaired) electrons. The topological polar surface area (TPSA) is 25.4 Å². The van der Waals surface area contributed by atoms with Crippen molar-refractivity contribution < 1.29 is 4.74 Å². The van der Waals surface area contributed by atoms with E-state index in [0.717, 1.165) is 29.0 Å². The van der Waals surface area contributed by atoms with E-state index in [1.54, 1.807) is 13.3 Å². The molecule has 0 fully saturated rings. The Morgan fingerprint density at radius 2 is 2.29 bits per heavy atom. The molecule has 0 amide bonds. The Kier molecular flexibility index (Phi) is 4.20. The number of methoxy groups -OCH3 is 1. The lowest BCUT2D eigenvalue weighted by molar-refractivity contribution is 0.410. The summed E-state index contributed by atoms with van der Waals surface area (Å²) in [5, 5.41) is 0. The Balaban J connectivity index is 3.00. The number of hydrogen-bond donors (Lipinski definition) is 0. The number of aromatic nitrogens is 1. The van der Waals surface area contributed by atoms with Crippen molar-refractivity contribution in [3.8, 4) is 5.75 Å². The molecule has 0 aliphatic rings. The van der Waals surface area contributed by atoms with Crippen LogP contribution >= 0.6 is 15.9 Å². The number of pyridine rings is 1. The van der Waals surface area contributed by atoms with Crippen molar-refractivity contribution >= 4 is 21.7 Å². The summed E-state index contributed by atoms with van der Waals surface area (Å²) in [6.45, 7) is 3.11. The molecule has 0 aliphatic carbocycles. The summed E-state index contributed by atoms with van der Waals surface area (Å²) in [7, 11) is 3.67. The van der Waals surface area contributed by atoms with E-state index >= 15 is 0 Å². The number of halogens is 1. The Labute approximate surface area is 93.2 Å². The van der Waals surface area contributed by atoms with Crippen LogP contribution in [0.1, 0.15) is 13.3 Å². The molecule has 4 heteroatoms. The molecule has 0 atom stereocenters. The smallest absolute Gasteiger partial charge is 0.175 e. The van der Waals surface area contributed by atoms with Gasteiger partial charge in [-0.05, 0) is 28.4 Å². The first-order valence-corrected chi connectivity index (χ1v) is 5.39. The lowest BCUT2D eigenvalue weighted by Gasteiger charge is -2.20. The Morgan fingerprint density at radius 1 is 1.57 bits per heavy atom. The summed E-state index contributed by atoms with van der Waals surface area (Å²) >= 11 is 3.44. The van der Waals surface area contributed by atoms with Gasteiger partial charge in [0.05, 0.1) is 11.6 Å². The molecule has 0 bridgehead atoms. The maximum Gasteiger partial charge on any atom is 0.175 e. The molecule has 0 spiro atoms. The molecule has 0 aliphatic heterocycles. The van der Waals surface area contributed by atoms with Crippen LogP contribution in [0.4, 0.5) is 5.82 Å². The van der Waals surface area contributed by atoms with Gasteiger partial charge < -0.3 is 9.64 Å². The summed E-state index contributed by atoms with van der Waals surface area (Å²) in [5.41, 5.74) is 0. The molecule has 14 heavy (non-hydrogen) atoms. The fraction of sp³-hybridized carbons (Fsp3) is 0.500. The zero-order valence-electron chi connectivity index (χ0n) is 8.75. The van der Waals surface area contributed by atoms with E-state index in [-0.39, 0.29) is 0 Å². The van der Waals surface area contributed by atoms with Crippen molar-refractivity contribution in [2.24, 2.45) is 0 Å². The minimum Gasteiger partial charge on any atom is -0.492 e. The van der Waals surface area contributed by atoms with E-state index in [9.17, 15) is 0 Å². The van der Waals surface area contributed by atoms with Crippen LogP contribution in [-0.4, -0.2) is 25.7 Å². The van der Waals surface area contributed by atoms with Gasteiger partial charge in [-0.25, -0.2) is 4.98 Å². The molecule has 1 aromatic rings. The second-order valence-corrected chi connectivity index (χ2v) is 3.93. The second kappa shape index (κ2) is 5.20. The highest BCUT2D eigenvalue weighted by atomic mass is 79.9. The monoisotopic (exact) mass is 258 g/mol. The van der Waals surface area contributed by atoms with Crippen molar-refractivity contribution in [1.82, 2.24) is 4.98 Å². The molecule has 0 unspecified atom stereocenters. The molecule has 0 saturated carbocycles. The third kappa shape index (κ3) is 2.38. The summed E-state index contributed by atoms with van der Waals surface area (Å²) in [5.74, 6) is 1.67. The number of hydrogen-bond acceptors (Lipinski definition) is 3. The van der Waals surface area contributed by atoms with Gasteiger partial charge in [-0.3, -0.25) is 0 Å². The summed E-state index contributed by atoms with van der Waals surface area (Å²) in [6, 6.07) is 1.88. The minimum atomic E-state index is 0.795. The Hall–Kier alpha value is -0.770. The zero-order valence-corrected chi connectivity index (χ0v) is 10.3. The van der Waals surface area contributed by atoms with Crippen LogP contribution in [-0.2, 0) is 0 Å². The van der Waals surface area contributed by atoms with E-state index in [4.69, 9.17) is 4.74 Å². The number of ether oxygens (including phenoxy) is 1. The van der Waals surface area contributed by atoms with Gasteiger partial charge >= 0.3 is 0 Å². The molecule has 3 nitrogen and oxygen atoms in total. The molecular weight excluding hydrogens is 244 g/mol. The number of rotatable bonds is 4. The standard InChI is InChI=1S/C10H15BrN2O/c1-4-7-13(2)10-9(14-3)8(11)5-6-12-10/h5-6H,4,7H2,1-3H3. The first-order valence-electron chi connectivity index (χ1n) is 4.60. The van der Waals surface area contributed by atoms with Gasteiger partial charge in [0, 0.05) is 19.8 Å². The maximum absolute atomic E-state index is 5.29. The molecule has 78 valence electrons. The zero-order chi connectivity index (χ0) is 10.6. The van der Waals surface area contributed by atoms with Crippen molar-refractivity contribution in [2.45, 2.75) is 13.3 Å². The van der Waals surface area contributed by atoms with Gasteiger partial charge in [-0.15, -0.1) is 0 Å². The van der Waals surface area contributed by atoms with Crippen molar-refractivity contribution in [3.05, 3.63) is 16.7 Å². The van der Waals surface area contributed by atoms with Crippen LogP contribution in [0, 0.1) is 0 Å². The van der Waals surface area contributed by atoms with Gasteiger partial charge in [0.25, 0.3) is 0 Å². The number of nitrogens with zero attached hydrogens (tertiary/aromatic N) is 2. The van der Waals surface area contributed by atoms with Crippen LogP contribution in [0.2, 0.25) is 0 Å². The third-order valence-corrected chi connectivity index (χ3v) is 2.59. The number of anilines is 1. The lowest BCUT2D eigenvalue weighted by atomic mass is 10.3. The van der Waals surface area contributed by atoms with Crippen LogP contribution in [0.25, 0.3) is 0 Å². The largest absolute Gasteiger partial charge is 0.492 e. The quantitative estimate of drug-likeness (QED) is 0.831. The fourth-order valence-electron chi connectivity index (χ4n) is 1.32. The summed E-state index contributed by atoms with van der Waals surface area (Å²) < 4.78 is 6.23. The van der Waals surface area contributed by atoms with Gasteiger partial charge in [0.1, 0.15) is 0 Å². The minimum absolute atomic E-state index is 0.795. The average molecular weight is 259 g/mol. The predicted octanol–water partition coefficient (Wildman–Crippen LogP) is 2.70. The highest BCUT2D eigenvalue weighted by molar-refractivity contribution is 9.10. The van der Waals surface area contributed by atoms with E-state index in [1.807, 2.05) is 13.1 Å². The van der Waals surface area contributed by atoms with Gasteiger partial charge in [0.2, 0.25) is 0 Å². The second-order valence-electron chi connectivity index (χ2n) is 3.07. The normalized spacial score (nSPS) is 10.0. The third-order valence-electron chi connectivity index (χ3n) is 1.96. The Morgan fingerprint density at radius 3 is 2.86 bits per heavy atom. The van der Waals surface area contributed by atoms with E-state index in [0.29, 0.717) is 0 Å². The van der Waals surface area contributed by atoms with Crippen LogP contribution in [0.15, 0.2) is 16.7 Å². The molecule has 0 N–H and O–H groups in total. The molecule has 1 rings (SSSR count). The average Bonchev–Trinajstić information content (AvgIpc) is 2.17. The summed E-state index contributed by atoms with van der Waals surface area (Å²) in [4.78, 5) is 6.39. The SMILES string of the molecule is CCCN(C)c1nccc(Br)c1OC. The molecule has 0 aromatic carbocycles. The van der Waals surface area contributed by atoms with Gasteiger partial charge in [0.15, 0.2) is 11.6 Å². The van der Waals surface area contributed by atoms with Gasteiger partial charge in [-0.2, -0.15) is 0 Å². The van der Waals surface area contributed by atoms with Crippen LogP contribution in [0.3, 0.4) is 0 Å². The summed E-state index contributed by atoms with van der Waals surface area (Å²) in [6.07, 6.45) is 2.86.